The Labute approximate surface area is 177 Å². The number of rotatable bonds is 7. The minimum atomic E-state index is -0.435. The van der Waals surface area contributed by atoms with Gasteiger partial charge in [-0.25, -0.2) is 0 Å². The van der Waals surface area contributed by atoms with Gasteiger partial charge in [0.15, 0.2) is 0 Å². The Hall–Kier alpha value is -2.29. The molecule has 2 fully saturated rings. The van der Waals surface area contributed by atoms with Gasteiger partial charge in [-0.3, -0.25) is 4.90 Å². The summed E-state index contributed by atoms with van der Waals surface area (Å²) in [6.07, 6.45) is 7.66. The Morgan fingerprint density at radius 2 is 1.77 bits per heavy atom. The maximum absolute atomic E-state index is 11.0. The molecule has 0 spiro atoms. The highest BCUT2D eigenvalue weighted by Crippen LogP contribution is 2.29. The lowest BCUT2D eigenvalue weighted by Gasteiger charge is -2.31. The monoisotopic (exact) mass is 413 g/mol. The van der Waals surface area contributed by atoms with E-state index in [1.165, 1.54) is 23.6 Å². The van der Waals surface area contributed by atoms with Crippen molar-refractivity contribution in [2.45, 2.75) is 69.8 Å². The van der Waals surface area contributed by atoms with Gasteiger partial charge in [0, 0.05) is 32.2 Å². The van der Waals surface area contributed by atoms with E-state index in [9.17, 15) is 15.2 Å². The molecule has 2 heterocycles. The molecular formula is C22H31N5O3. The van der Waals surface area contributed by atoms with Crippen LogP contribution in [0.1, 0.15) is 55.7 Å². The van der Waals surface area contributed by atoms with Crippen LogP contribution in [-0.2, 0) is 13.1 Å². The molecule has 2 aromatic rings. The summed E-state index contributed by atoms with van der Waals surface area (Å²) >= 11 is 0. The van der Waals surface area contributed by atoms with Crippen LogP contribution < -0.4 is 5.32 Å². The van der Waals surface area contributed by atoms with Gasteiger partial charge in [0.2, 0.25) is 0 Å². The second-order valence-corrected chi connectivity index (χ2v) is 8.57. The number of nitrogens with zero attached hydrogens (tertiary/aromatic N) is 4. The number of aliphatic hydroxyl groups is 1. The normalized spacial score (nSPS) is 23.5. The first kappa shape index (κ1) is 21.0. The summed E-state index contributed by atoms with van der Waals surface area (Å²) in [5.41, 5.74) is 2.54. The smallest absolute Gasteiger partial charge is 0.389 e. The van der Waals surface area contributed by atoms with Crippen molar-refractivity contribution in [3.63, 3.8) is 0 Å². The van der Waals surface area contributed by atoms with Crippen LogP contribution in [0.5, 0.6) is 0 Å². The average Bonchev–Trinajstić information content (AvgIpc) is 3.26. The Morgan fingerprint density at radius 1 is 1.07 bits per heavy atom. The lowest BCUT2D eigenvalue weighted by molar-refractivity contribution is -0.389. The number of likely N-dealkylation sites (tertiary alicyclic amines) is 1. The van der Waals surface area contributed by atoms with Gasteiger partial charge in [0.1, 0.15) is 0 Å². The van der Waals surface area contributed by atoms with Crippen molar-refractivity contribution in [1.82, 2.24) is 20.0 Å². The lowest BCUT2D eigenvalue weighted by atomic mass is 9.90. The fourth-order valence-corrected chi connectivity index (χ4v) is 4.62. The fourth-order valence-electron chi connectivity index (χ4n) is 4.62. The van der Waals surface area contributed by atoms with Gasteiger partial charge in [-0.05, 0) is 41.7 Å². The predicted octanol–water partition coefficient (Wildman–Crippen LogP) is 3.02. The SMILES string of the molecule is O=[N+]([O-])c1ccn([C@@H]2CCCC[C@H]2NCc2ccc(CN3CCC(O)CC3)cc2)n1. The second-order valence-electron chi connectivity index (χ2n) is 8.57. The first-order valence-electron chi connectivity index (χ1n) is 11.0. The molecule has 0 bridgehead atoms. The number of nitro groups is 1. The highest BCUT2D eigenvalue weighted by Gasteiger charge is 2.29. The molecule has 2 aliphatic rings. The summed E-state index contributed by atoms with van der Waals surface area (Å²) in [5, 5.41) is 28.4. The van der Waals surface area contributed by atoms with Crippen molar-refractivity contribution in [3.05, 3.63) is 57.8 Å². The number of hydrogen-bond donors (Lipinski definition) is 2. The van der Waals surface area contributed by atoms with Gasteiger partial charge in [-0.1, -0.05) is 37.1 Å². The number of hydrogen-bond acceptors (Lipinski definition) is 6. The Morgan fingerprint density at radius 3 is 2.47 bits per heavy atom. The van der Waals surface area contributed by atoms with Crippen molar-refractivity contribution in [3.8, 4) is 0 Å². The molecule has 30 heavy (non-hydrogen) atoms. The van der Waals surface area contributed by atoms with E-state index >= 15 is 0 Å². The summed E-state index contributed by atoms with van der Waals surface area (Å²) in [6.45, 7) is 3.63. The first-order chi connectivity index (χ1) is 14.6. The first-order valence-corrected chi connectivity index (χ1v) is 11.0. The zero-order valence-corrected chi connectivity index (χ0v) is 17.3. The fraction of sp³-hybridized carbons (Fsp3) is 0.591. The van der Waals surface area contributed by atoms with E-state index < -0.39 is 4.92 Å². The zero-order chi connectivity index (χ0) is 20.9. The number of aliphatic hydroxyl groups excluding tert-OH is 1. The summed E-state index contributed by atoms with van der Waals surface area (Å²) in [5.74, 6) is -0.0851. The zero-order valence-electron chi connectivity index (χ0n) is 17.3. The molecule has 0 radical (unpaired) electrons. The summed E-state index contributed by atoms with van der Waals surface area (Å²) in [4.78, 5) is 12.9. The molecule has 1 saturated heterocycles. The van der Waals surface area contributed by atoms with Crippen molar-refractivity contribution >= 4 is 5.82 Å². The number of benzene rings is 1. The topological polar surface area (TPSA) is 96.5 Å². The van der Waals surface area contributed by atoms with Crippen molar-refractivity contribution in [2.75, 3.05) is 13.1 Å². The van der Waals surface area contributed by atoms with Crippen LogP contribution in [0.4, 0.5) is 5.82 Å². The molecule has 8 nitrogen and oxygen atoms in total. The molecule has 1 aromatic heterocycles. The lowest BCUT2D eigenvalue weighted by Crippen LogP contribution is -2.39. The van der Waals surface area contributed by atoms with Gasteiger partial charge in [0.05, 0.1) is 29.5 Å². The van der Waals surface area contributed by atoms with E-state index in [2.05, 4.69) is 39.6 Å². The molecule has 0 amide bonds. The van der Waals surface area contributed by atoms with Gasteiger partial charge in [-0.15, -0.1) is 0 Å². The maximum Gasteiger partial charge on any atom is 0.389 e. The maximum atomic E-state index is 11.0. The molecule has 162 valence electrons. The molecule has 0 unspecified atom stereocenters. The third kappa shape index (κ3) is 5.24. The number of nitrogens with one attached hydrogen (secondary N) is 1. The second kappa shape index (κ2) is 9.68. The van der Waals surface area contributed by atoms with Crippen LogP contribution in [0.15, 0.2) is 36.5 Å². The van der Waals surface area contributed by atoms with Crippen LogP contribution in [0.2, 0.25) is 0 Å². The Bertz CT molecular complexity index is 830. The minimum Gasteiger partial charge on any atom is -0.393 e. The van der Waals surface area contributed by atoms with Crippen LogP contribution in [0, 0.1) is 10.1 Å². The van der Waals surface area contributed by atoms with Gasteiger partial charge < -0.3 is 20.5 Å². The number of aromatic nitrogens is 2. The Kier molecular flexibility index (Phi) is 6.76. The third-order valence-corrected chi connectivity index (χ3v) is 6.41. The van der Waals surface area contributed by atoms with Crippen molar-refractivity contribution < 1.29 is 10.0 Å². The largest absolute Gasteiger partial charge is 0.393 e. The molecule has 1 saturated carbocycles. The minimum absolute atomic E-state index is 0.0851. The van der Waals surface area contributed by atoms with Crippen molar-refractivity contribution in [2.24, 2.45) is 0 Å². The van der Waals surface area contributed by atoms with E-state index in [-0.39, 0.29) is 24.0 Å². The summed E-state index contributed by atoms with van der Waals surface area (Å²) < 4.78 is 1.77. The van der Waals surface area contributed by atoms with E-state index in [0.29, 0.717) is 0 Å². The highest BCUT2D eigenvalue weighted by atomic mass is 16.6. The average molecular weight is 414 g/mol. The van der Waals surface area contributed by atoms with E-state index in [4.69, 9.17) is 0 Å². The van der Waals surface area contributed by atoms with Gasteiger partial charge >= 0.3 is 5.82 Å². The summed E-state index contributed by atoms with van der Waals surface area (Å²) in [7, 11) is 0. The predicted molar refractivity (Wildman–Crippen MR) is 114 cm³/mol. The molecule has 2 N–H and O–H groups in total. The number of piperidine rings is 1. The molecule has 8 heteroatoms. The third-order valence-electron chi connectivity index (χ3n) is 6.41. The van der Waals surface area contributed by atoms with E-state index in [1.807, 2.05) is 0 Å². The van der Waals surface area contributed by atoms with Crippen LogP contribution in [-0.4, -0.2) is 49.9 Å². The van der Waals surface area contributed by atoms with E-state index in [1.54, 1.807) is 10.9 Å². The van der Waals surface area contributed by atoms with Crippen LogP contribution in [0.25, 0.3) is 0 Å². The summed E-state index contributed by atoms with van der Waals surface area (Å²) in [6, 6.07) is 10.6. The van der Waals surface area contributed by atoms with Crippen LogP contribution in [0.3, 0.4) is 0 Å². The molecule has 4 rings (SSSR count). The van der Waals surface area contributed by atoms with Crippen LogP contribution >= 0.6 is 0 Å². The molecule has 1 aliphatic carbocycles. The standard InChI is InChI=1S/C22H31N5O3/c28-19-9-12-25(13-10-19)16-18-7-5-17(6-8-18)15-23-20-3-1-2-4-21(20)26-14-11-22(24-26)27(29)30/h5-8,11,14,19-21,23,28H,1-4,9-10,12-13,15-16H2/t20-,21-/m1/s1. The molecule has 1 aliphatic heterocycles. The molecular weight excluding hydrogens is 382 g/mol. The molecule has 2 atom stereocenters. The highest BCUT2D eigenvalue weighted by molar-refractivity contribution is 5.22. The van der Waals surface area contributed by atoms with Gasteiger partial charge in [0.25, 0.3) is 0 Å². The van der Waals surface area contributed by atoms with Crippen molar-refractivity contribution in [1.29, 1.82) is 0 Å². The Balaban J connectivity index is 1.31. The molecule has 1 aromatic carbocycles. The quantitative estimate of drug-likeness (QED) is 0.535. The van der Waals surface area contributed by atoms with Gasteiger partial charge in [-0.2, -0.15) is 4.68 Å². The van der Waals surface area contributed by atoms with E-state index in [0.717, 1.165) is 58.3 Å².